The summed E-state index contributed by atoms with van der Waals surface area (Å²) in [5.41, 5.74) is -0.619. The first-order valence-corrected chi connectivity index (χ1v) is 6.27. The van der Waals surface area contributed by atoms with Crippen LogP contribution in [0, 0.1) is 0 Å². The van der Waals surface area contributed by atoms with Crippen molar-refractivity contribution in [2.45, 2.75) is 45.4 Å². The average molecular weight is 274 g/mol. The van der Waals surface area contributed by atoms with Crippen molar-refractivity contribution in [1.29, 1.82) is 0 Å². The lowest BCUT2D eigenvalue weighted by atomic mass is 10.1. The highest BCUT2D eigenvalue weighted by molar-refractivity contribution is 5.69. The molecule has 0 saturated carbocycles. The number of carboxylic acid groups (broad SMARTS) is 1. The molecule has 1 fully saturated rings. The lowest BCUT2D eigenvalue weighted by Gasteiger charge is -2.27. The molecular weight excluding hydrogens is 252 g/mol. The van der Waals surface area contributed by atoms with Gasteiger partial charge in [-0.25, -0.2) is 9.59 Å². The summed E-state index contributed by atoms with van der Waals surface area (Å²) < 4.78 is 5.22. The Bertz CT molecular complexity index is 353. The molecule has 1 rings (SSSR count). The van der Waals surface area contributed by atoms with Crippen molar-refractivity contribution in [2.75, 3.05) is 19.6 Å². The summed E-state index contributed by atoms with van der Waals surface area (Å²) in [6.45, 7) is 7.33. The Kier molecular flexibility index (Phi) is 4.62. The van der Waals surface area contributed by atoms with Gasteiger partial charge in [-0.15, -0.1) is 0 Å². The van der Waals surface area contributed by atoms with Crippen LogP contribution < -0.4 is 0 Å². The monoisotopic (exact) mass is 274 g/mol. The van der Waals surface area contributed by atoms with Crippen LogP contribution in [-0.4, -0.2) is 69.6 Å². The van der Waals surface area contributed by atoms with Crippen molar-refractivity contribution in [3.63, 3.8) is 0 Å². The first-order chi connectivity index (χ1) is 8.61. The van der Waals surface area contributed by atoms with Gasteiger partial charge in [0.05, 0.1) is 18.7 Å². The van der Waals surface area contributed by atoms with E-state index in [1.165, 1.54) is 4.90 Å². The van der Waals surface area contributed by atoms with Gasteiger partial charge in [-0.2, -0.15) is 0 Å². The number of amides is 2. The first-order valence-electron chi connectivity index (χ1n) is 6.27. The third kappa shape index (κ3) is 4.27. The van der Waals surface area contributed by atoms with E-state index in [1.807, 2.05) is 0 Å². The van der Waals surface area contributed by atoms with E-state index >= 15 is 0 Å². The Labute approximate surface area is 112 Å². The Morgan fingerprint density at radius 1 is 1.26 bits per heavy atom. The molecule has 7 heteroatoms. The summed E-state index contributed by atoms with van der Waals surface area (Å²) in [4.78, 5) is 25.4. The highest BCUT2D eigenvalue weighted by Crippen LogP contribution is 2.15. The van der Waals surface area contributed by atoms with E-state index < -0.39 is 29.9 Å². The van der Waals surface area contributed by atoms with Gasteiger partial charge in [0.15, 0.2) is 0 Å². The van der Waals surface area contributed by atoms with Crippen LogP contribution in [0.25, 0.3) is 0 Å². The highest BCUT2D eigenvalue weighted by Gasteiger charge is 2.34. The van der Waals surface area contributed by atoms with Crippen molar-refractivity contribution in [1.82, 2.24) is 9.80 Å². The van der Waals surface area contributed by atoms with Crippen LogP contribution >= 0.6 is 0 Å². The van der Waals surface area contributed by atoms with Crippen molar-refractivity contribution in [3.8, 4) is 0 Å². The van der Waals surface area contributed by atoms with Gasteiger partial charge in [-0.05, 0) is 27.7 Å². The van der Waals surface area contributed by atoms with Crippen LogP contribution in [0.1, 0.15) is 27.7 Å². The molecule has 0 bridgehead atoms. The minimum absolute atomic E-state index is 0.0693. The van der Waals surface area contributed by atoms with Crippen molar-refractivity contribution in [2.24, 2.45) is 0 Å². The molecule has 2 atom stereocenters. The summed E-state index contributed by atoms with van der Waals surface area (Å²) in [7, 11) is 0. The average Bonchev–Trinajstić information content (AvgIpc) is 2.37. The van der Waals surface area contributed by atoms with Crippen LogP contribution in [0.2, 0.25) is 0 Å². The van der Waals surface area contributed by atoms with Gasteiger partial charge in [0.1, 0.15) is 5.60 Å². The van der Waals surface area contributed by atoms with Gasteiger partial charge >= 0.3 is 12.2 Å². The zero-order valence-corrected chi connectivity index (χ0v) is 11.8. The fourth-order valence-electron chi connectivity index (χ4n) is 1.87. The number of ether oxygens (including phenoxy) is 1. The maximum atomic E-state index is 11.9. The van der Waals surface area contributed by atoms with Gasteiger partial charge in [0.2, 0.25) is 0 Å². The van der Waals surface area contributed by atoms with Crippen LogP contribution in [0.5, 0.6) is 0 Å². The van der Waals surface area contributed by atoms with E-state index in [4.69, 9.17) is 9.84 Å². The van der Waals surface area contributed by atoms with E-state index in [2.05, 4.69) is 0 Å². The molecule has 0 aliphatic carbocycles. The molecule has 1 unspecified atom stereocenters. The third-order valence-electron chi connectivity index (χ3n) is 2.96. The van der Waals surface area contributed by atoms with Gasteiger partial charge in [0, 0.05) is 13.1 Å². The molecule has 0 aromatic rings. The van der Waals surface area contributed by atoms with Crippen LogP contribution in [0.4, 0.5) is 9.59 Å². The Morgan fingerprint density at radius 3 is 2.32 bits per heavy atom. The van der Waals surface area contributed by atoms with Crippen molar-refractivity contribution in [3.05, 3.63) is 0 Å². The predicted octanol–water partition coefficient (Wildman–Crippen LogP) is 0.967. The minimum atomic E-state index is -1.10. The molecule has 1 aliphatic rings. The second kappa shape index (κ2) is 5.64. The third-order valence-corrected chi connectivity index (χ3v) is 2.96. The van der Waals surface area contributed by atoms with Gasteiger partial charge in [-0.1, -0.05) is 0 Å². The molecule has 2 amide bonds. The number of carbonyl (C=O) groups excluding carboxylic acids is 1. The van der Waals surface area contributed by atoms with E-state index in [1.54, 1.807) is 27.7 Å². The van der Waals surface area contributed by atoms with Crippen LogP contribution in [0.3, 0.4) is 0 Å². The molecule has 110 valence electrons. The number of aliphatic hydroxyl groups excluding tert-OH is 1. The summed E-state index contributed by atoms with van der Waals surface area (Å²) in [6.07, 6.45) is -2.56. The van der Waals surface area contributed by atoms with Crippen LogP contribution in [-0.2, 0) is 4.74 Å². The summed E-state index contributed by atoms with van der Waals surface area (Å²) in [6, 6.07) is -0.551. The van der Waals surface area contributed by atoms with Crippen molar-refractivity contribution >= 4 is 12.2 Å². The zero-order chi connectivity index (χ0) is 14.8. The van der Waals surface area contributed by atoms with E-state index in [9.17, 15) is 14.7 Å². The minimum Gasteiger partial charge on any atom is -0.465 e. The number of nitrogens with zero attached hydrogens (tertiary/aromatic N) is 2. The Morgan fingerprint density at radius 2 is 1.84 bits per heavy atom. The quantitative estimate of drug-likeness (QED) is 0.687. The van der Waals surface area contributed by atoms with Crippen LogP contribution in [0.15, 0.2) is 0 Å². The molecule has 7 nitrogen and oxygen atoms in total. The zero-order valence-electron chi connectivity index (χ0n) is 11.8. The topological polar surface area (TPSA) is 90.3 Å². The number of rotatable bonds is 0. The maximum absolute atomic E-state index is 11.9. The number of carbonyl (C=O) groups is 2. The number of aliphatic hydroxyl groups is 1. The molecule has 2 N–H and O–H groups in total. The van der Waals surface area contributed by atoms with Gasteiger partial charge < -0.3 is 24.7 Å². The number of hydrogen-bond acceptors (Lipinski definition) is 4. The van der Waals surface area contributed by atoms with Crippen molar-refractivity contribution < 1.29 is 24.5 Å². The van der Waals surface area contributed by atoms with Gasteiger partial charge in [0.25, 0.3) is 0 Å². The lowest BCUT2D eigenvalue weighted by Crippen LogP contribution is -2.45. The van der Waals surface area contributed by atoms with E-state index in [-0.39, 0.29) is 19.6 Å². The summed E-state index contributed by atoms with van der Waals surface area (Å²) in [5.74, 6) is 0. The molecule has 1 heterocycles. The molecule has 19 heavy (non-hydrogen) atoms. The highest BCUT2D eigenvalue weighted by atomic mass is 16.6. The Balaban J connectivity index is 2.74. The fraction of sp³-hybridized carbons (Fsp3) is 0.833. The maximum Gasteiger partial charge on any atom is 0.410 e. The predicted molar refractivity (Wildman–Crippen MR) is 68.0 cm³/mol. The fourth-order valence-corrected chi connectivity index (χ4v) is 1.87. The molecule has 1 aliphatic heterocycles. The van der Waals surface area contributed by atoms with Gasteiger partial charge in [-0.3, -0.25) is 0 Å². The van der Waals surface area contributed by atoms with E-state index in [0.717, 1.165) is 4.90 Å². The lowest BCUT2D eigenvalue weighted by molar-refractivity contribution is 0.0157. The summed E-state index contributed by atoms with van der Waals surface area (Å²) in [5, 5.41) is 19.0. The molecule has 0 aromatic carbocycles. The largest absolute Gasteiger partial charge is 0.465 e. The normalized spacial score (nSPS) is 24.9. The Hall–Kier alpha value is -1.50. The van der Waals surface area contributed by atoms with E-state index in [0.29, 0.717) is 0 Å². The molecular formula is C12H22N2O5. The molecule has 0 aromatic heterocycles. The summed E-state index contributed by atoms with van der Waals surface area (Å²) >= 11 is 0. The second-order valence-corrected chi connectivity index (χ2v) is 5.71. The SMILES string of the molecule is C[C@@H]1C(O)CN(C(=O)OC(C)(C)C)CCN1C(=O)O. The number of β-amino-alcohol motifs (C(OH)–C–C–N with tert-alkyl or cyclic N) is 1. The first kappa shape index (κ1) is 15.6. The molecule has 0 spiro atoms. The smallest absolute Gasteiger partial charge is 0.410 e. The second-order valence-electron chi connectivity index (χ2n) is 5.71. The molecule has 0 radical (unpaired) electrons. The number of hydrogen-bond donors (Lipinski definition) is 2. The molecule has 1 saturated heterocycles. The standard InChI is InChI=1S/C12H22N2O5/c1-8-9(15)7-13(5-6-14(8)10(16)17)11(18)19-12(2,3)4/h8-9,15H,5-7H2,1-4H3,(H,16,17)/t8-,9?/m1/s1.